The van der Waals surface area contributed by atoms with Crippen LogP contribution < -0.4 is 9.80 Å². The number of benzene rings is 1. The van der Waals surface area contributed by atoms with Gasteiger partial charge < -0.3 is 14.7 Å². The number of piperidine rings is 1. The van der Waals surface area contributed by atoms with Crippen LogP contribution in [0.5, 0.6) is 0 Å². The molecule has 0 spiro atoms. The molecule has 2 fully saturated rings. The molecule has 0 bridgehead atoms. The van der Waals surface area contributed by atoms with Gasteiger partial charge in [0.25, 0.3) is 5.91 Å². The van der Waals surface area contributed by atoms with Crippen LogP contribution in [0.4, 0.5) is 11.6 Å². The Labute approximate surface area is 167 Å². The van der Waals surface area contributed by atoms with Crippen LogP contribution in [0.25, 0.3) is 0 Å². The first-order valence-corrected chi connectivity index (χ1v) is 10.3. The third kappa shape index (κ3) is 4.11. The number of amides is 1. The third-order valence-electron chi connectivity index (χ3n) is 5.68. The zero-order valence-corrected chi connectivity index (χ0v) is 16.9. The normalized spacial score (nSPS) is 17.7. The summed E-state index contributed by atoms with van der Waals surface area (Å²) < 4.78 is 0. The number of hydrogen-bond donors (Lipinski definition) is 0. The van der Waals surface area contributed by atoms with Crippen molar-refractivity contribution in [1.29, 1.82) is 0 Å². The number of carbonyl (C=O) groups is 1. The van der Waals surface area contributed by atoms with Crippen molar-refractivity contribution in [3.8, 4) is 0 Å². The van der Waals surface area contributed by atoms with E-state index >= 15 is 0 Å². The SMILES string of the molecule is Cc1cc(C)cc(C(=O)N2CCN(c3ccc(N4CCCCC4)nn3)CC2)c1. The summed E-state index contributed by atoms with van der Waals surface area (Å²) in [5, 5.41) is 8.91. The van der Waals surface area contributed by atoms with Crippen molar-refractivity contribution in [3.63, 3.8) is 0 Å². The number of hydrogen-bond acceptors (Lipinski definition) is 5. The predicted octanol–water partition coefficient (Wildman–Crippen LogP) is 3.05. The zero-order chi connectivity index (χ0) is 19.5. The Hall–Kier alpha value is -2.63. The van der Waals surface area contributed by atoms with E-state index in [4.69, 9.17) is 0 Å². The monoisotopic (exact) mass is 379 g/mol. The van der Waals surface area contributed by atoms with Crippen LogP contribution in [0.3, 0.4) is 0 Å². The highest BCUT2D eigenvalue weighted by Gasteiger charge is 2.23. The molecular formula is C22H29N5O. The molecule has 28 heavy (non-hydrogen) atoms. The van der Waals surface area contributed by atoms with Gasteiger partial charge in [0.2, 0.25) is 0 Å². The molecule has 2 aliphatic rings. The average molecular weight is 380 g/mol. The highest BCUT2D eigenvalue weighted by Crippen LogP contribution is 2.20. The average Bonchev–Trinajstić information content (AvgIpc) is 2.73. The minimum Gasteiger partial charge on any atom is -0.355 e. The molecule has 2 saturated heterocycles. The van der Waals surface area contributed by atoms with Crippen molar-refractivity contribution in [2.24, 2.45) is 0 Å². The van der Waals surface area contributed by atoms with Crippen LogP contribution >= 0.6 is 0 Å². The fraction of sp³-hybridized carbons (Fsp3) is 0.500. The fourth-order valence-corrected chi connectivity index (χ4v) is 4.20. The van der Waals surface area contributed by atoms with E-state index < -0.39 is 0 Å². The largest absolute Gasteiger partial charge is 0.355 e. The minimum absolute atomic E-state index is 0.123. The van der Waals surface area contributed by atoms with Crippen LogP contribution in [0.2, 0.25) is 0 Å². The summed E-state index contributed by atoms with van der Waals surface area (Å²) in [5.74, 6) is 2.00. The maximum Gasteiger partial charge on any atom is 0.253 e. The van der Waals surface area contributed by atoms with Gasteiger partial charge in [-0.05, 0) is 57.4 Å². The highest BCUT2D eigenvalue weighted by molar-refractivity contribution is 5.94. The standard InChI is InChI=1S/C22H29N5O/c1-17-14-18(2)16-19(15-17)22(28)27-12-10-26(11-13-27)21-7-6-20(23-24-21)25-8-4-3-5-9-25/h6-7,14-16H,3-5,8-13H2,1-2H3. The first kappa shape index (κ1) is 18.7. The van der Waals surface area contributed by atoms with E-state index in [-0.39, 0.29) is 5.91 Å². The maximum atomic E-state index is 12.8. The molecule has 1 aromatic heterocycles. The van der Waals surface area contributed by atoms with Gasteiger partial charge in [-0.3, -0.25) is 4.79 Å². The molecule has 148 valence electrons. The fourth-order valence-electron chi connectivity index (χ4n) is 4.20. The second kappa shape index (κ2) is 8.17. The maximum absolute atomic E-state index is 12.8. The zero-order valence-electron chi connectivity index (χ0n) is 16.9. The van der Waals surface area contributed by atoms with E-state index in [0.29, 0.717) is 13.1 Å². The van der Waals surface area contributed by atoms with Crippen LogP contribution in [-0.2, 0) is 0 Å². The van der Waals surface area contributed by atoms with Crippen molar-refractivity contribution >= 4 is 17.5 Å². The van der Waals surface area contributed by atoms with Crippen LogP contribution in [0.15, 0.2) is 30.3 Å². The van der Waals surface area contributed by atoms with E-state index in [0.717, 1.165) is 54.5 Å². The van der Waals surface area contributed by atoms with Gasteiger partial charge in [0.05, 0.1) is 0 Å². The second-order valence-electron chi connectivity index (χ2n) is 7.95. The van der Waals surface area contributed by atoms with Gasteiger partial charge in [-0.15, -0.1) is 10.2 Å². The number of piperazine rings is 1. The minimum atomic E-state index is 0.123. The van der Waals surface area contributed by atoms with Crippen LogP contribution in [-0.4, -0.2) is 60.3 Å². The van der Waals surface area contributed by atoms with Gasteiger partial charge in [0.1, 0.15) is 0 Å². The number of nitrogens with zero attached hydrogens (tertiary/aromatic N) is 5. The van der Waals surface area contributed by atoms with Gasteiger partial charge in [0, 0.05) is 44.8 Å². The summed E-state index contributed by atoms with van der Waals surface area (Å²) in [6.45, 7) is 9.22. The van der Waals surface area contributed by atoms with Gasteiger partial charge >= 0.3 is 0 Å². The van der Waals surface area contributed by atoms with Crippen LogP contribution in [0.1, 0.15) is 40.7 Å². The molecule has 1 aromatic carbocycles. The summed E-state index contributed by atoms with van der Waals surface area (Å²) >= 11 is 0. The van der Waals surface area contributed by atoms with E-state index in [1.165, 1.54) is 19.3 Å². The lowest BCUT2D eigenvalue weighted by atomic mass is 10.1. The van der Waals surface area contributed by atoms with Gasteiger partial charge in [-0.1, -0.05) is 17.2 Å². The summed E-state index contributed by atoms with van der Waals surface area (Å²) in [4.78, 5) is 19.3. The van der Waals surface area contributed by atoms with E-state index in [2.05, 4.69) is 38.2 Å². The second-order valence-corrected chi connectivity index (χ2v) is 7.95. The van der Waals surface area contributed by atoms with Crippen molar-refractivity contribution in [3.05, 3.63) is 47.0 Å². The Bertz CT molecular complexity index is 801. The van der Waals surface area contributed by atoms with E-state index in [9.17, 15) is 4.79 Å². The molecule has 0 N–H and O–H groups in total. The molecule has 0 aliphatic carbocycles. The topological polar surface area (TPSA) is 52.6 Å². The third-order valence-corrected chi connectivity index (χ3v) is 5.68. The molecule has 6 nitrogen and oxygen atoms in total. The molecule has 4 rings (SSSR count). The van der Waals surface area contributed by atoms with Gasteiger partial charge in [-0.2, -0.15) is 0 Å². The van der Waals surface area contributed by atoms with Gasteiger partial charge in [-0.25, -0.2) is 0 Å². The quantitative estimate of drug-likeness (QED) is 0.820. The highest BCUT2D eigenvalue weighted by atomic mass is 16.2. The van der Waals surface area contributed by atoms with E-state index in [1.54, 1.807) is 0 Å². The Morgan fingerprint density at radius 1 is 0.750 bits per heavy atom. The Morgan fingerprint density at radius 2 is 1.29 bits per heavy atom. The molecule has 0 saturated carbocycles. The van der Waals surface area contributed by atoms with Crippen molar-refractivity contribution < 1.29 is 4.79 Å². The number of aromatic nitrogens is 2. The molecule has 6 heteroatoms. The summed E-state index contributed by atoms with van der Waals surface area (Å²) in [7, 11) is 0. The lowest BCUT2D eigenvalue weighted by Crippen LogP contribution is -2.49. The lowest BCUT2D eigenvalue weighted by Gasteiger charge is -2.35. The van der Waals surface area contributed by atoms with Crippen molar-refractivity contribution in [2.45, 2.75) is 33.1 Å². The molecular weight excluding hydrogens is 350 g/mol. The number of aryl methyl sites for hydroxylation is 2. The van der Waals surface area contributed by atoms with Crippen molar-refractivity contribution in [2.75, 3.05) is 49.1 Å². The summed E-state index contributed by atoms with van der Waals surface area (Å²) in [6, 6.07) is 10.2. The Morgan fingerprint density at radius 3 is 1.82 bits per heavy atom. The molecule has 1 amide bonds. The molecule has 3 heterocycles. The lowest BCUT2D eigenvalue weighted by molar-refractivity contribution is 0.0746. The molecule has 2 aromatic rings. The number of anilines is 2. The Balaban J connectivity index is 1.36. The van der Waals surface area contributed by atoms with E-state index in [1.807, 2.05) is 30.9 Å². The summed E-state index contributed by atoms with van der Waals surface area (Å²) in [6.07, 6.45) is 3.78. The molecule has 0 unspecified atom stereocenters. The molecule has 0 atom stereocenters. The first-order chi connectivity index (χ1) is 13.6. The number of carbonyl (C=O) groups excluding carboxylic acids is 1. The Kier molecular flexibility index (Phi) is 5.46. The van der Waals surface area contributed by atoms with Crippen molar-refractivity contribution in [1.82, 2.24) is 15.1 Å². The molecule has 0 radical (unpaired) electrons. The first-order valence-electron chi connectivity index (χ1n) is 10.3. The number of rotatable bonds is 3. The summed E-state index contributed by atoms with van der Waals surface area (Å²) in [5.41, 5.74) is 3.05. The van der Waals surface area contributed by atoms with Gasteiger partial charge in [0.15, 0.2) is 11.6 Å². The smallest absolute Gasteiger partial charge is 0.253 e. The van der Waals surface area contributed by atoms with Crippen LogP contribution in [0, 0.1) is 13.8 Å². The molecule has 2 aliphatic heterocycles. The predicted molar refractivity (Wildman–Crippen MR) is 112 cm³/mol.